The third-order valence-corrected chi connectivity index (χ3v) is 25.4. The Morgan fingerprint density at radius 1 is 0.660 bits per heavy atom. The number of aliphatic hydroxyl groups is 2. The number of H-pyrrole nitrogens is 1. The molecule has 103 heavy (non-hydrogen) atoms. The van der Waals surface area contributed by atoms with Crippen molar-refractivity contribution >= 4 is 52.0 Å². The maximum absolute atomic E-state index is 15.4. The molecular weight excluding hydrogens is 1300 g/mol. The zero-order chi connectivity index (χ0) is 72.5. The normalized spacial score (nSPS) is 33.4. The monoisotopic (exact) mass is 1420 g/mol. The van der Waals surface area contributed by atoms with E-state index in [0.717, 1.165) is 109 Å². The first-order valence-corrected chi connectivity index (χ1v) is 37.0. The number of nitrogens with zero attached hydrogens (tertiary/aromatic N) is 5. The van der Waals surface area contributed by atoms with Crippen LogP contribution in [-0.4, -0.2) is 202 Å². The number of carbonyl (C=O) groups excluding carboxylic acids is 5. The van der Waals surface area contributed by atoms with Crippen LogP contribution in [0.25, 0.3) is 10.9 Å². The van der Waals surface area contributed by atoms with Crippen molar-refractivity contribution in [2.24, 2.45) is 27.6 Å². The molecule has 5 N–H and O–H groups in total. The number of ether oxygens (including phenoxy) is 5. The Morgan fingerprint density at radius 2 is 1.19 bits per heavy atom. The minimum absolute atomic E-state index is 0. The second-order valence-corrected chi connectivity index (χ2v) is 33.6. The summed E-state index contributed by atoms with van der Waals surface area (Å²) in [5.74, 6) is -0.228. The van der Waals surface area contributed by atoms with Crippen LogP contribution in [0.15, 0.2) is 90.6 Å². The van der Waals surface area contributed by atoms with Crippen molar-refractivity contribution in [3.8, 4) is 11.5 Å². The number of esters is 3. The first-order chi connectivity index (χ1) is 47.8. The zero-order valence-corrected chi connectivity index (χ0v) is 62.6. The smallest absolute Gasteiger partial charge is 0.322 e. The largest absolute Gasteiger partial charge is 0.497 e. The van der Waals surface area contributed by atoms with Gasteiger partial charge in [0.05, 0.1) is 46.5 Å². The SMILES string of the molecule is C.C.CCC1=C[C@@H]2CN(CCc3c([nH]c4ccccc34)[C@@](C(=O)OC)(c3cc4c(cc3OC)N(C)[C@H]3[C@@](O)(CNC(=O)CC(C)(C)C)[C@H](OC(C)=O)[C@]5(CC)C=CCN6CC[C@]43C65)C2)C1.CC[C@]12C=CCN3CC[C@@]4(c5ccc(OC)cc5N(C)[C@H]4[C@@](O)(CNC(=O)CC(C)(C)C)[C@@H]1OC(C)=O)C32. The maximum atomic E-state index is 15.4. The Balaban J connectivity index is 0.000000228. The fourth-order valence-corrected chi connectivity index (χ4v) is 22.2. The van der Waals surface area contributed by atoms with Gasteiger partial charge in [0.15, 0.2) is 0 Å². The summed E-state index contributed by atoms with van der Waals surface area (Å²) in [4.78, 5) is 83.7. The Morgan fingerprint density at radius 3 is 1.69 bits per heavy atom. The summed E-state index contributed by atoms with van der Waals surface area (Å²) in [5.41, 5.74) is 1.41. The first-order valence-electron chi connectivity index (χ1n) is 37.0. The van der Waals surface area contributed by atoms with Crippen LogP contribution in [0.3, 0.4) is 0 Å². The molecule has 3 unspecified atom stereocenters. The minimum atomic E-state index is -1.75. The van der Waals surface area contributed by atoms with Crippen LogP contribution in [-0.2, 0) is 60.8 Å². The molecule has 20 nitrogen and oxygen atoms in total. The number of para-hydroxylation sites is 1. The van der Waals surface area contributed by atoms with Gasteiger partial charge in [0.2, 0.25) is 11.8 Å². The van der Waals surface area contributed by atoms with E-state index in [1.807, 2.05) is 73.8 Å². The Bertz CT molecular complexity index is 4040. The van der Waals surface area contributed by atoms with Crippen molar-refractivity contribution in [1.29, 1.82) is 0 Å². The van der Waals surface area contributed by atoms with Gasteiger partial charge in [-0.3, -0.25) is 38.7 Å². The van der Waals surface area contributed by atoms with Crippen LogP contribution < -0.4 is 29.9 Å². The summed E-state index contributed by atoms with van der Waals surface area (Å²) in [7, 11) is 8.82. The molecule has 2 spiro atoms. The lowest BCUT2D eigenvalue weighted by molar-refractivity contribution is -0.217. The number of nitrogens with one attached hydrogen (secondary N) is 3. The number of benzene rings is 3. The number of anilines is 2. The van der Waals surface area contributed by atoms with Crippen molar-refractivity contribution in [3.05, 3.63) is 118 Å². The number of aromatic nitrogens is 1. The molecule has 562 valence electrons. The predicted octanol–water partition coefficient (Wildman–Crippen LogP) is 10.5. The van der Waals surface area contributed by atoms with Crippen LogP contribution in [0.5, 0.6) is 11.5 Å². The topological polar surface area (TPSA) is 228 Å². The number of hydrogen-bond acceptors (Lipinski definition) is 17. The molecule has 8 aliphatic heterocycles. The second-order valence-electron chi connectivity index (χ2n) is 33.6. The number of likely N-dealkylation sites (N-methyl/N-ethyl adjacent to an activating group) is 2. The summed E-state index contributed by atoms with van der Waals surface area (Å²) in [6.07, 6.45) is 14.8. The van der Waals surface area contributed by atoms with Crippen LogP contribution in [0.1, 0.15) is 170 Å². The van der Waals surface area contributed by atoms with E-state index in [2.05, 4.69) is 128 Å². The summed E-state index contributed by atoms with van der Waals surface area (Å²) in [5, 5.41) is 34.2. The highest BCUT2D eigenvalue weighted by Crippen LogP contribution is 2.70. The van der Waals surface area contributed by atoms with E-state index < -0.39 is 74.5 Å². The van der Waals surface area contributed by atoms with Crippen LogP contribution in [0.2, 0.25) is 0 Å². The molecule has 9 heterocycles. The Kier molecular flexibility index (Phi) is 20.6. The number of aromatic amines is 1. The highest BCUT2D eigenvalue weighted by molar-refractivity contribution is 5.94. The fraction of sp³-hybridized carbons (Fsp3) is 0.627. The van der Waals surface area contributed by atoms with E-state index in [1.54, 1.807) is 14.2 Å². The van der Waals surface area contributed by atoms with Gasteiger partial charge in [0.25, 0.3) is 0 Å². The number of carbonyl (C=O) groups is 5. The summed E-state index contributed by atoms with van der Waals surface area (Å²) in [6.45, 7) is 27.0. The van der Waals surface area contributed by atoms with Gasteiger partial charge in [0, 0.05) is 153 Å². The van der Waals surface area contributed by atoms with Gasteiger partial charge in [-0.1, -0.05) is 137 Å². The molecule has 1 aromatic heterocycles. The average molecular weight is 1420 g/mol. The van der Waals surface area contributed by atoms with Gasteiger partial charge < -0.3 is 59.3 Å². The van der Waals surface area contributed by atoms with E-state index >= 15 is 4.79 Å². The number of hydrogen-bond donors (Lipinski definition) is 5. The number of rotatable bonds is 15. The lowest BCUT2D eigenvalue weighted by Crippen LogP contribution is -2.81. The summed E-state index contributed by atoms with van der Waals surface area (Å²) < 4.78 is 30.7. The molecule has 4 fully saturated rings. The molecule has 3 aromatic carbocycles. The third-order valence-electron chi connectivity index (χ3n) is 25.4. The maximum Gasteiger partial charge on any atom is 0.322 e. The number of fused-ring (bicyclic) bond motifs is 7. The number of methoxy groups -OCH3 is 3. The summed E-state index contributed by atoms with van der Waals surface area (Å²) in [6, 6.07) is 17.6. The van der Waals surface area contributed by atoms with E-state index in [4.69, 9.17) is 23.7 Å². The van der Waals surface area contributed by atoms with Gasteiger partial charge in [-0.2, -0.15) is 0 Å². The molecule has 14 rings (SSSR count). The molecule has 2 aliphatic carbocycles. The van der Waals surface area contributed by atoms with Crippen molar-refractivity contribution in [3.63, 3.8) is 0 Å². The lowest BCUT2D eigenvalue weighted by atomic mass is 9.47. The molecule has 15 atom stereocenters. The van der Waals surface area contributed by atoms with Crippen LogP contribution in [0.4, 0.5) is 11.4 Å². The van der Waals surface area contributed by atoms with Crippen molar-refractivity contribution < 1.29 is 57.9 Å². The van der Waals surface area contributed by atoms with Gasteiger partial charge in [-0.05, 0) is 110 Å². The van der Waals surface area contributed by atoms with Crippen molar-refractivity contribution in [2.75, 3.05) is 104 Å². The Labute approximate surface area is 611 Å². The molecule has 20 heteroatoms. The minimum Gasteiger partial charge on any atom is -0.497 e. The molecule has 2 amide bonds. The molecule has 2 saturated heterocycles. The summed E-state index contributed by atoms with van der Waals surface area (Å²) >= 11 is 0. The van der Waals surface area contributed by atoms with Crippen molar-refractivity contribution in [2.45, 2.75) is 213 Å². The standard InChI is InChI=1S/C51H67N5O7.C30H43N3O5.2CH4/c1-10-32-23-33-26-50(46(59)62-9,42-35(17-21-55(28-32)29-33)34-15-12-13-16-38(34)53-42)37-24-36-39(25-40(37)61-8)54(7)44-49(36)19-22-56-20-14-18-48(11-2,43(49)56)45(63-31(3)57)51(44,60)30-52-41(58)27-47(4,5)6;1-8-28-12-9-14-33-15-13-29(24(28)33)21-11-10-20(37-7)16-22(21)32(6)25(29)30(36,26(28)38-19(2)34)18-31-23(35)17-27(3,4)5;;/h12-16,18,23-25,33,43-45,53,60H,10-11,17,19-22,26-30H2,1-9H3,(H,52,58);9-12,16,24-26,36H,8,13-15,17-18H2,1-7H3,(H,31,35);2*1H4/t33-,43?,44+,45+,48+,49+,50-,51-;24?,25-,26-,28-,29-,30+;;/m01../s1. The number of amides is 2. The highest BCUT2D eigenvalue weighted by atomic mass is 16.6. The van der Waals surface area contributed by atoms with E-state index in [9.17, 15) is 29.4 Å². The fourth-order valence-electron chi connectivity index (χ4n) is 22.2. The van der Waals surface area contributed by atoms with E-state index in [-0.39, 0.29) is 81.0 Å². The Hall–Kier alpha value is -7.23. The second kappa shape index (κ2) is 27.6. The molecular formula is C83H118N8O12. The first kappa shape index (κ1) is 76.9. The predicted molar refractivity (Wildman–Crippen MR) is 404 cm³/mol. The average Bonchev–Trinajstić information content (AvgIpc) is 1.51. The van der Waals surface area contributed by atoms with Gasteiger partial charge in [-0.25, -0.2) is 0 Å². The molecule has 4 aromatic rings. The molecule has 10 aliphatic rings. The lowest BCUT2D eigenvalue weighted by Gasteiger charge is -2.64. The molecule has 2 bridgehead atoms. The third kappa shape index (κ3) is 11.8. The highest BCUT2D eigenvalue weighted by Gasteiger charge is 2.80. The zero-order valence-electron chi connectivity index (χ0n) is 62.6. The molecule has 2 saturated carbocycles. The van der Waals surface area contributed by atoms with Gasteiger partial charge in [-0.15, -0.1) is 0 Å². The molecule has 0 radical (unpaired) electrons. The van der Waals surface area contributed by atoms with E-state index in [0.29, 0.717) is 44.4 Å². The van der Waals surface area contributed by atoms with Crippen LogP contribution >= 0.6 is 0 Å². The quantitative estimate of drug-likeness (QED) is 0.0424. The van der Waals surface area contributed by atoms with Gasteiger partial charge >= 0.3 is 17.9 Å². The van der Waals surface area contributed by atoms with E-state index in [1.165, 1.54) is 32.1 Å². The van der Waals surface area contributed by atoms with Crippen molar-refractivity contribution in [1.82, 2.24) is 30.3 Å². The van der Waals surface area contributed by atoms with Gasteiger partial charge in [0.1, 0.15) is 40.3 Å². The van der Waals surface area contributed by atoms with Crippen LogP contribution in [0, 0.1) is 27.6 Å².